The van der Waals surface area contributed by atoms with Crippen LogP contribution in [0.5, 0.6) is 0 Å². The lowest BCUT2D eigenvalue weighted by Crippen LogP contribution is -2.25. The van der Waals surface area contributed by atoms with Crippen LogP contribution in [0.3, 0.4) is 0 Å². The van der Waals surface area contributed by atoms with Crippen molar-refractivity contribution in [1.82, 2.24) is 25.3 Å². The van der Waals surface area contributed by atoms with Crippen molar-refractivity contribution in [1.29, 1.82) is 0 Å². The van der Waals surface area contributed by atoms with Gasteiger partial charge in [0, 0.05) is 29.9 Å². The van der Waals surface area contributed by atoms with E-state index < -0.39 is 5.95 Å². The minimum atomic E-state index is -0.491. The Hall–Kier alpha value is -3.13. The van der Waals surface area contributed by atoms with Gasteiger partial charge in [-0.2, -0.15) is 15.7 Å². The zero-order valence-corrected chi connectivity index (χ0v) is 15.1. The normalized spacial score (nSPS) is 11.0. The summed E-state index contributed by atoms with van der Waals surface area (Å²) >= 11 is 1.58. The van der Waals surface area contributed by atoms with Crippen LogP contribution in [0.15, 0.2) is 47.4 Å². The van der Waals surface area contributed by atoms with Gasteiger partial charge in [0.05, 0.1) is 5.56 Å². The molecule has 0 bridgehead atoms. The lowest BCUT2D eigenvalue weighted by molar-refractivity contribution is 0.0954. The third-order valence-corrected chi connectivity index (χ3v) is 4.82. The van der Waals surface area contributed by atoms with Gasteiger partial charge in [-0.25, -0.2) is 15.0 Å². The van der Waals surface area contributed by atoms with Crippen LogP contribution in [0.2, 0.25) is 0 Å². The molecule has 0 aromatic carbocycles. The number of thiophene rings is 1. The number of H-pyrrole nitrogens is 1. The van der Waals surface area contributed by atoms with Gasteiger partial charge in [-0.05, 0) is 42.0 Å². The molecule has 0 unspecified atom stereocenters. The van der Waals surface area contributed by atoms with Crippen molar-refractivity contribution in [3.05, 3.63) is 64.5 Å². The van der Waals surface area contributed by atoms with E-state index in [-0.39, 0.29) is 5.91 Å². The Morgan fingerprint density at radius 1 is 1.22 bits per heavy atom. The topological polar surface area (TPSA) is 83.6 Å². The molecule has 4 heterocycles. The number of rotatable bonds is 6. The minimum Gasteiger partial charge on any atom is -0.352 e. The van der Waals surface area contributed by atoms with Crippen molar-refractivity contribution in [3.63, 3.8) is 0 Å². The van der Waals surface area contributed by atoms with Crippen molar-refractivity contribution in [2.24, 2.45) is 0 Å². The molecule has 0 fully saturated rings. The summed E-state index contributed by atoms with van der Waals surface area (Å²) in [6.45, 7) is 0.502. The molecule has 27 heavy (non-hydrogen) atoms. The van der Waals surface area contributed by atoms with Crippen LogP contribution in [0.25, 0.3) is 22.6 Å². The Morgan fingerprint density at radius 3 is 2.93 bits per heavy atom. The summed E-state index contributed by atoms with van der Waals surface area (Å²) in [5, 5.41) is 6.86. The quantitative estimate of drug-likeness (QED) is 0.395. The smallest absolute Gasteiger partial charge is 0.253 e. The molecule has 0 radical (unpaired) electrons. The fourth-order valence-corrected chi connectivity index (χ4v) is 3.41. The SMILES string of the molecule is O=C(NCCCc1ccc(F)nc1)c1ccnc2[nH]c(-c3ccsc3)nc12. The molecule has 0 saturated heterocycles. The first-order valence-corrected chi connectivity index (χ1v) is 9.41. The molecule has 0 saturated carbocycles. The molecular weight excluding hydrogens is 365 g/mol. The van der Waals surface area contributed by atoms with E-state index in [1.54, 1.807) is 29.7 Å². The number of hydrogen-bond donors (Lipinski definition) is 2. The maximum Gasteiger partial charge on any atom is 0.253 e. The van der Waals surface area contributed by atoms with E-state index in [1.165, 1.54) is 12.3 Å². The van der Waals surface area contributed by atoms with E-state index in [0.29, 0.717) is 35.5 Å². The highest BCUT2D eigenvalue weighted by molar-refractivity contribution is 7.08. The molecule has 4 aromatic heterocycles. The summed E-state index contributed by atoms with van der Waals surface area (Å²) in [6, 6.07) is 6.67. The number of carbonyl (C=O) groups is 1. The number of aromatic nitrogens is 4. The van der Waals surface area contributed by atoms with Crippen LogP contribution in [-0.4, -0.2) is 32.4 Å². The van der Waals surface area contributed by atoms with Crippen molar-refractivity contribution in [2.45, 2.75) is 12.8 Å². The van der Waals surface area contributed by atoms with Gasteiger partial charge in [-0.1, -0.05) is 6.07 Å². The second-order valence-corrected chi connectivity index (χ2v) is 6.78. The van der Waals surface area contributed by atoms with E-state index in [2.05, 4.69) is 25.3 Å². The molecule has 4 rings (SSSR count). The number of amides is 1. The first kappa shape index (κ1) is 17.3. The number of hydrogen-bond acceptors (Lipinski definition) is 5. The maximum atomic E-state index is 12.8. The molecular formula is C19H16FN5OS. The Kier molecular flexibility index (Phi) is 4.88. The van der Waals surface area contributed by atoms with Gasteiger partial charge in [0.2, 0.25) is 5.95 Å². The molecule has 8 heteroatoms. The lowest BCUT2D eigenvalue weighted by Gasteiger charge is -2.05. The number of carbonyl (C=O) groups excluding carboxylic acids is 1. The summed E-state index contributed by atoms with van der Waals surface area (Å²) in [5.41, 5.74) is 3.53. The second-order valence-electron chi connectivity index (χ2n) is 6.00. The summed E-state index contributed by atoms with van der Waals surface area (Å²) < 4.78 is 12.8. The lowest BCUT2D eigenvalue weighted by atomic mass is 10.1. The number of imidazole rings is 1. The van der Waals surface area contributed by atoms with Gasteiger partial charge >= 0.3 is 0 Å². The highest BCUT2D eigenvalue weighted by atomic mass is 32.1. The maximum absolute atomic E-state index is 12.8. The number of nitrogens with one attached hydrogen (secondary N) is 2. The van der Waals surface area contributed by atoms with Crippen LogP contribution >= 0.6 is 11.3 Å². The predicted octanol–water partition coefficient (Wildman–Crippen LogP) is 3.58. The van der Waals surface area contributed by atoms with Crippen molar-refractivity contribution >= 4 is 28.4 Å². The molecule has 4 aromatic rings. The number of pyridine rings is 2. The summed E-state index contributed by atoms with van der Waals surface area (Å²) in [4.78, 5) is 28.1. The van der Waals surface area contributed by atoms with Gasteiger partial charge in [0.1, 0.15) is 11.3 Å². The largest absolute Gasteiger partial charge is 0.352 e. The Morgan fingerprint density at radius 2 is 2.15 bits per heavy atom. The van der Waals surface area contributed by atoms with Crippen LogP contribution in [0.1, 0.15) is 22.3 Å². The molecule has 2 N–H and O–H groups in total. The predicted molar refractivity (Wildman–Crippen MR) is 102 cm³/mol. The van der Waals surface area contributed by atoms with Gasteiger partial charge in [-0.3, -0.25) is 4.79 Å². The average molecular weight is 381 g/mol. The number of nitrogens with zero attached hydrogens (tertiary/aromatic N) is 3. The highest BCUT2D eigenvalue weighted by Crippen LogP contribution is 2.23. The molecule has 0 aliphatic heterocycles. The van der Waals surface area contributed by atoms with E-state index in [0.717, 1.165) is 17.5 Å². The monoisotopic (exact) mass is 381 g/mol. The Labute approximate surface area is 158 Å². The molecule has 0 atom stereocenters. The molecule has 1 amide bonds. The first-order valence-electron chi connectivity index (χ1n) is 8.46. The van der Waals surface area contributed by atoms with Crippen molar-refractivity contribution in [2.75, 3.05) is 6.54 Å². The molecule has 0 spiro atoms. The zero-order chi connectivity index (χ0) is 18.6. The fourth-order valence-electron chi connectivity index (χ4n) is 2.77. The standard InChI is InChI=1S/C19H16FN5OS/c20-15-4-3-12(10-23-15)2-1-7-22-19(26)14-5-8-21-18-16(14)24-17(25-18)13-6-9-27-11-13/h3-6,8-11H,1-2,7H2,(H,22,26)(H,21,24,25). The number of aryl methyl sites for hydroxylation is 1. The van der Waals surface area contributed by atoms with Gasteiger partial charge in [0.25, 0.3) is 5.91 Å². The second kappa shape index (κ2) is 7.63. The molecule has 136 valence electrons. The number of fused-ring (bicyclic) bond motifs is 1. The fraction of sp³-hybridized carbons (Fsp3) is 0.158. The van der Waals surface area contributed by atoms with E-state index >= 15 is 0 Å². The highest BCUT2D eigenvalue weighted by Gasteiger charge is 2.15. The minimum absolute atomic E-state index is 0.192. The van der Waals surface area contributed by atoms with Crippen LogP contribution < -0.4 is 5.32 Å². The first-order chi connectivity index (χ1) is 13.2. The average Bonchev–Trinajstić information content (AvgIpc) is 3.35. The van der Waals surface area contributed by atoms with E-state index in [9.17, 15) is 9.18 Å². The van der Waals surface area contributed by atoms with Gasteiger partial charge < -0.3 is 10.3 Å². The van der Waals surface area contributed by atoms with E-state index in [1.807, 2.05) is 16.8 Å². The van der Waals surface area contributed by atoms with Crippen molar-refractivity contribution in [3.8, 4) is 11.4 Å². The molecule has 0 aliphatic rings. The van der Waals surface area contributed by atoms with Crippen LogP contribution in [-0.2, 0) is 6.42 Å². The van der Waals surface area contributed by atoms with Crippen molar-refractivity contribution < 1.29 is 9.18 Å². The van der Waals surface area contributed by atoms with Crippen LogP contribution in [0, 0.1) is 5.95 Å². The molecule has 0 aliphatic carbocycles. The third kappa shape index (κ3) is 3.85. The number of halogens is 1. The Bertz CT molecular complexity index is 1060. The number of aromatic amines is 1. The summed E-state index contributed by atoms with van der Waals surface area (Å²) in [6.07, 6.45) is 4.55. The summed E-state index contributed by atoms with van der Waals surface area (Å²) in [7, 11) is 0. The van der Waals surface area contributed by atoms with Gasteiger partial charge in [0.15, 0.2) is 5.65 Å². The zero-order valence-electron chi connectivity index (χ0n) is 14.3. The summed E-state index contributed by atoms with van der Waals surface area (Å²) in [5.74, 6) is 0.0142. The van der Waals surface area contributed by atoms with Crippen LogP contribution in [0.4, 0.5) is 4.39 Å². The Balaban J connectivity index is 1.42. The van der Waals surface area contributed by atoms with Gasteiger partial charge in [-0.15, -0.1) is 0 Å². The van der Waals surface area contributed by atoms with E-state index in [4.69, 9.17) is 0 Å². The third-order valence-electron chi connectivity index (χ3n) is 4.14. The molecule has 6 nitrogen and oxygen atoms in total.